The molecule has 3 aliphatic rings. The van der Waals surface area contributed by atoms with Crippen LogP contribution in [0.25, 0.3) is 10.3 Å². The van der Waals surface area contributed by atoms with E-state index in [9.17, 15) is 4.79 Å². The number of hydrogen-bond donors (Lipinski definition) is 2. The molecule has 3 aromatic rings. The van der Waals surface area contributed by atoms with Crippen LogP contribution >= 0.6 is 11.3 Å². The number of piperidine rings is 1. The molecule has 0 spiro atoms. The minimum atomic E-state index is -0.113. The van der Waals surface area contributed by atoms with Crippen molar-refractivity contribution < 1.29 is 4.79 Å². The second-order valence-electron chi connectivity index (χ2n) is 9.36. The van der Waals surface area contributed by atoms with Crippen molar-refractivity contribution >= 4 is 39.0 Å². The summed E-state index contributed by atoms with van der Waals surface area (Å²) in [6.45, 7) is 3.11. The zero-order valence-electron chi connectivity index (χ0n) is 17.7. The molecule has 3 atom stereocenters. The van der Waals surface area contributed by atoms with Crippen LogP contribution < -0.4 is 16.0 Å². The second-order valence-corrected chi connectivity index (χ2v) is 10.4. The van der Waals surface area contributed by atoms with E-state index in [0.717, 1.165) is 41.7 Å². The summed E-state index contributed by atoms with van der Waals surface area (Å²) < 4.78 is 0. The Balaban J connectivity index is 1.17. The average molecular weight is 434 g/mol. The third-order valence-electron chi connectivity index (χ3n) is 7.26. The number of amides is 1. The lowest BCUT2D eigenvalue weighted by Crippen LogP contribution is -2.39. The maximum atomic E-state index is 13.0. The van der Waals surface area contributed by atoms with E-state index in [0.29, 0.717) is 16.1 Å². The first-order valence-electron chi connectivity index (χ1n) is 11.3. The van der Waals surface area contributed by atoms with Crippen LogP contribution in [0.15, 0.2) is 24.4 Å². The zero-order valence-corrected chi connectivity index (χ0v) is 18.5. The Kier molecular flexibility index (Phi) is 4.42. The average Bonchev–Trinajstić information content (AvgIpc) is 3.48. The number of aromatic nitrogens is 2. The smallest absolute Gasteiger partial charge is 0.263 e. The summed E-state index contributed by atoms with van der Waals surface area (Å²) in [6, 6.07) is 7.84. The molecule has 6 nitrogen and oxygen atoms in total. The molecule has 1 saturated carbocycles. The second kappa shape index (κ2) is 7.19. The third kappa shape index (κ3) is 3.26. The highest BCUT2D eigenvalue weighted by Crippen LogP contribution is 2.41. The zero-order chi connectivity index (χ0) is 21.1. The van der Waals surface area contributed by atoms with Gasteiger partial charge < -0.3 is 16.0 Å². The standard InChI is InChI=1S/C24H27N5OS/c1-13-11-26-21-20(25)22(31-24(21)27-13)23(30)28-17-5-3-16-10-19(7-4-15(16)9-17)29-12-14-2-6-18(29)8-14/h4,7,10-11,14,17-18H,2-3,5-6,8-9,12,25H2,1H3,(H,28,30)/t14-,17-,18+/m1/s1. The number of nitrogens with two attached hydrogens (primary N) is 1. The number of carbonyl (C=O) groups excluding carboxylic acids is 1. The molecule has 6 rings (SSSR count). The lowest BCUT2D eigenvalue weighted by Gasteiger charge is -2.31. The highest BCUT2D eigenvalue weighted by atomic mass is 32.1. The number of rotatable bonds is 3. The molecule has 1 saturated heterocycles. The number of nitrogens with one attached hydrogen (secondary N) is 1. The number of benzene rings is 1. The van der Waals surface area contributed by atoms with Gasteiger partial charge in [0.1, 0.15) is 15.2 Å². The fourth-order valence-electron chi connectivity index (χ4n) is 5.67. The summed E-state index contributed by atoms with van der Waals surface area (Å²) in [7, 11) is 0. The number of carbonyl (C=O) groups is 1. The Bertz CT molecular complexity index is 1190. The van der Waals surface area contributed by atoms with Gasteiger partial charge >= 0.3 is 0 Å². The van der Waals surface area contributed by atoms with Crippen LogP contribution in [0.1, 0.15) is 52.2 Å². The molecule has 1 amide bonds. The van der Waals surface area contributed by atoms with E-state index in [4.69, 9.17) is 5.73 Å². The quantitative estimate of drug-likeness (QED) is 0.655. The Hall–Kier alpha value is -2.67. The normalized spacial score (nSPS) is 24.5. The molecule has 2 aliphatic carbocycles. The molecule has 31 heavy (non-hydrogen) atoms. The summed E-state index contributed by atoms with van der Waals surface area (Å²) in [6.07, 6.45) is 8.64. The molecular formula is C24H27N5OS. The van der Waals surface area contributed by atoms with Crippen LogP contribution in [-0.4, -0.2) is 34.5 Å². The first kappa shape index (κ1) is 19.0. The van der Waals surface area contributed by atoms with E-state index in [1.807, 2.05) is 6.92 Å². The SMILES string of the molecule is Cc1cnc2c(N)c(C(=O)N[C@@H]3CCc4cc(N5C[C@@H]6CC[C@H]5C6)ccc4C3)sc2n1. The molecule has 1 aliphatic heterocycles. The molecule has 0 radical (unpaired) electrons. The minimum Gasteiger partial charge on any atom is -0.396 e. The molecule has 2 bridgehead atoms. The number of aryl methyl sites for hydroxylation is 2. The van der Waals surface area contributed by atoms with Gasteiger partial charge in [-0.1, -0.05) is 6.07 Å². The van der Waals surface area contributed by atoms with E-state index in [1.54, 1.807) is 6.20 Å². The monoisotopic (exact) mass is 433 g/mol. The number of fused-ring (bicyclic) bond motifs is 4. The molecule has 3 N–H and O–H groups in total. The van der Waals surface area contributed by atoms with E-state index in [1.165, 1.54) is 54.0 Å². The van der Waals surface area contributed by atoms with Gasteiger partial charge in [-0.3, -0.25) is 4.79 Å². The molecule has 2 fully saturated rings. The van der Waals surface area contributed by atoms with E-state index < -0.39 is 0 Å². The van der Waals surface area contributed by atoms with Crippen molar-refractivity contribution in [3.05, 3.63) is 46.1 Å². The number of nitrogen functional groups attached to an aromatic ring is 1. The molecule has 1 aromatic carbocycles. The Morgan fingerprint density at radius 3 is 2.97 bits per heavy atom. The Labute approximate surface area is 185 Å². The van der Waals surface area contributed by atoms with Gasteiger partial charge in [-0.2, -0.15) is 0 Å². The summed E-state index contributed by atoms with van der Waals surface area (Å²) in [5.41, 5.74) is 12.3. The fraction of sp³-hybridized carbons (Fsp3) is 0.458. The van der Waals surface area contributed by atoms with E-state index >= 15 is 0 Å². The lowest BCUT2D eigenvalue weighted by atomic mass is 9.87. The summed E-state index contributed by atoms with van der Waals surface area (Å²) >= 11 is 1.33. The molecule has 3 heterocycles. The van der Waals surface area contributed by atoms with Gasteiger partial charge in [0.15, 0.2) is 0 Å². The topological polar surface area (TPSA) is 84.1 Å². The summed E-state index contributed by atoms with van der Waals surface area (Å²) in [4.78, 5) is 25.6. The lowest BCUT2D eigenvalue weighted by molar-refractivity contribution is 0.0938. The first-order valence-corrected chi connectivity index (χ1v) is 12.1. The number of nitrogens with zero attached hydrogens (tertiary/aromatic N) is 3. The van der Waals surface area contributed by atoms with Gasteiger partial charge in [0, 0.05) is 30.5 Å². The summed E-state index contributed by atoms with van der Waals surface area (Å²) in [5.74, 6) is 0.786. The fourth-order valence-corrected chi connectivity index (χ4v) is 6.67. The molecular weight excluding hydrogens is 406 g/mol. The van der Waals surface area contributed by atoms with E-state index in [-0.39, 0.29) is 11.9 Å². The summed E-state index contributed by atoms with van der Waals surface area (Å²) in [5, 5.41) is 3.21. The van der Waals surface area contributed by atoms with Gasteiger partial charge in [0.2, 0.25) is 0 Å². The molecule has 160 valence electrons. The predicted molar refractivity (Wildman–Crippen MR) is 125 cm³/mol. The van der Waals surface area contributed by atoms with Crippen LogP contribution in [0.3, 0.4) is 0 Å². The maximum Gasteiger partial charge on any atom is 0.263 e. The van der Waals surface area contributed by atoms with Gasteiger partial charge in [-0.15, -0.1) is 11.3 Å². The van der Waals surface area contributed by atoms with Gasteiger partial charge in [0.05, 0.1) is 11.4 Å². The Morgan fingerprint density at radius 1 is 1.26 bits per heavy atom. The number of thiophene rings is 1. The highest BCUT2D eigenvalue weighted by molar-refractivity contribution is 7.21. The van der Waals surface area contributed by atoms with Crippen molar-refractivity contribution in [1.29, 1.82) is 0 Å². The molecule has 2 aromatic heterocycles. The Morgan fingerprint density at radius 2 is 2.16 bits per heavy atom. The van der Waals surface area contributed by atoms with Crippen molar-refractivity contribution in [2.75, 3.05) is 17.2 Å². The largest absolute Gasteiger partial charge is 0.396 e. The highest BCUT2D eigenvalue weighted by Gasteiger charge is 2.38. The molecule has 0 unspecified atom stereocenters. The van der Waals surface area contributed by atoms with Crippen LogP contribution in [0.5, 0.6) is 0 Å². The van der Waals surface area contributed by atoms with Crippen LogP contribution in [-0.2, 0) is 12.8 Å². The third-order valence-corrected chi connectivity index (χ3v) is 8.35. The van der Waals surface area contributed by atoms with Crippen LogP contribution in [0.4, 0.5) is 11.4 Å². The van der Waals surface area contributed by atoms with Gasteiger partial charge in [-0.05, 0) is 74.6 Å². The van der Waals surface area contributed by atoms with Crippen molar-refractivity contribution in [2.24, 2.45) is 5.92 Å². The first-order chi connectivity index (χ1) is 15.0. The predicted octanol–water partition coefficient (Wildman–Crippen LogP) is 3.86. The van der Waals surface area contributed by atoms with E-state index in [2.05, 4.69) is 38.4 Å². The van der Waals surface area contributed by atoms with Crippen LogP contribution in [0.2, 0.25) is 0 Å². The van der Waals surface area contributed by atoms with Crippen molar-refractivity contribution in [3.8, 4) is 0 Å². The maximum absolute atomic E-state index is 13.0. The number of anilines is 2. The number of hydrogen-bond acceptors (Lipinski definition) is 6. The van der Waals surface area contributed by atoms with Gasteiger partial charge in [0.25, 0.3) is 5.91 Å². The van der Waals surface area contributed by atoms with Crippen molar-refractivity contribution in [1.82, 2.24) is 15.3 Å². The minimum absolute atomic E-state index is 0.113. The molecule has 7 heteroatoms. The van der Waals surface area contributed by atoms with Crippen molar-refractivity contribution in [2.45, 2.75) is 57.5 Å². The van der Waals surface area contributed by atoms with Gasteiger partial charge in [-0.25, -0.2) is 9.97 Å². The van der Waals surface area contributed by atoms with Crippen LogP contribution in [0, 0.1) is 12.8 Å². The van der Waals surface area contributed by atoms with Crippen molar-refractivity contribution in [3.63, 3.8) is 0 Å².